The van der Waals surface area contributed by atoms with Crippen molar-refractivity contribution >= 4 is 39.1 Å². The molecule has 5 aromatic carbocycles. The van der Waals surface area contributed by atoms with Crippen LogP contribution < -0.4 is 0 Å². The van der Waals surface area contributed by atoms with Crippen LogP contribution in [-0.2, 0) is 25.2 Å². The second-order valence-electron chi connectivity index (χ2n) is 11.7. The molecule has 0 radical (unpaired) electrons. The highest BCUT2D eigenvalue weighted by Crippen LogP contribution is 2.72. The summed E-state index contributed by atoms with van der Waals surface area (Å²) in [5.41, 5.74) is 0.798. The smallest absolute Gasteiger partial charge is 0.234 e. The topological polar surface area (TPSA) is 54.5 Å². The minimum atomic E-state index is -1.28. The SMILES string of the molecule is CCCCN1C(=O)[C@@H]2[C@H](C1=O)[C@@]1(c3ccccc3)C(=O)[C@]2(c2ccccc2)c2c1c1ccccc1c1ccccc21. The number of imide groups is 1. The first-order chi connectivity index (χ1) is 20.1. The van der Waals surface area contributed by atoms with Crippen LogP contribution in [0.3, 0.4) is 0 Å². The van der Waals surface area contributed by atoms with Crippen LogP contribution >= 0.6 is 0 Å². The average Bonchev–Trinajstić information content (AvgIpc) is 3.53. The van der Waals surface area contributed by atoms with E-state index in [0.717, 1.165) is 56.6 Å². The van der Waals surface area contributed by atoms with Gasteiger partial charge in [0.25, 0.3) is 0 Å². The number of rotatable bonds is 5. The maximum atomic E-state index is 15.7. The van der Waals surface area contributed by atoms with Gasteiger partial charge in [0.2, 0.25) is 11.8 Å². The highest BCUT2D eigenvalue weighted by molar-refractivity contribution is 6.29. The zero-order valence-electron chi connectivity index (χ0n) is 22.8. The van der Waals surface area contributed by atoms with E-state index in [0.29, 0.717) is 6.54 Å². The molecule has 200 valence electrons. The van der Waals surface area contributed by atoms with Crippen molar-refractivity contribution in [3.8, 4) is 0 Å². The number of fused-ring (bicyclic) bond motifs is 13. The van der Waals surface area contributed by atoms with Crippen molar-refractivity contribution in [2.24, 2.45) is 11.8 Å². The van der Waals surface area contributed by atoms with Crippen molar-refractivity contribution in [1.29, 1.82) is 0 Å². The summed E-state index contributed by atoms with van der Waals surface area (Å²) in [5, 5.41) is 4.05. The van der Waals surface area contributed by atoms with Crippen molar-refractivity contribution in [2.75, 3.05) is 6.54 Å². The summed E-state index contributed by atoms with van der Waals surface area (Å²) >= 11 is 0. The Kier molecular flexibility index (Phi) is 5.01. The van der Waals surface area contributed by atoms with Crippen LogP contribution in [0, 0.1) is 11.8 Å². The molecule has 1 saturated heterocycles. The number of hydrogen-bond donors (Lipinski definition) is 0. The molecule has 1 saturated carbocycles. The lowest BCUT2D eigenvalue weighted by Crippen LogP contribution is -2.45. The second kappa shape index (κ2) is 8.47. The fourth-order valence-electron chi connectivity index (χ4n) is 8.54. The molecule has 4 nitrogen and oxygen atoms in total. The molecular weight excluding hydrogens is 506 g/mol. The van der Waals surface area contributed by atoms with Gasteiger partial charge in [-0.25, -0.2) is 0 Å². The first-order valence-electron chi connectivity index (χ1n) is 14.5. The summed E-state index contributed by atoms with van der Waals surface area (Å²) in [5.74, 6) is -2.10. The molecule has 41 heavy (non-hydrogen) atoms. The lowest BCUT2D eigenvalue weighted by Gasteiger charge is -2.38. The maximum absolute atomic E-state index is 15.7. The summed E-state index contributed by atoms with van der Waals surface area (Å²) in [7, 11) is 0. The number of nitrogens with zero attached hydrogens (tertiary/aromatic N) is 1. The normalized spacial score (nSPS) is 26.3. The van der Waals surface area contributed by atoms with Gasteiger partial charge in [-0.1, -0.05) is 123 Å². The summed E-state index contributed by atoms with van der Waals surface area (Å²) in [6.45, 7) is 2.44. The number of likely N-dealkylation sites (tertiary alicyclic amines) is 1. The third-order valence-corrected chi connectivity index (χ3v) is 9.96. The van der Waals surface area contributed by atoms with Crippen molar-refractivity contribution in [1.82, 2.24) is 4.90 Å². The lowest BCUT2D eigenvalue weighted by molar-refractivity contribution is -0.143. The van der Waals surface area contributed by atoms with Gasteiger partial charge in [0.1, 0.15) is 0 Å². The van der Waals surface area contributed by atoms with E-state index >= 15 is 4.79 Å². The zero-order valence-corrected chi connectivity index (χ0v) is 22.8. The van der Waals surface area contributed by atoms with E-state index in [1.165, 1.54) is 4.90 Å². The number of ketones is 1. The van der Waals surface area contributed by atoms with E-state index in [1.54, 1.807) is 0 Å². The first-order valence-corrected chi connectivity index (χ1v) is 14.5. The quantitative estimate of drug-likeness (QED) is 0.189. The van der Waals surface area contributed by atoms with E-state index in [-0.39, 0.29) is 17.6 Å². The minimum absolute atomic E-state index is 0.0502. The Balaban J connectivity index is 1.62. The van der Waals surface area contributed by atoms with Crippen LogP contribution in [0.1, 0.15) is 42.0 Å². The van der Waals surface area contributed by atoms with Crippen LogP contribution in [0.15, 0.2) is 109 Å². The number of amides is 2. The van der Waals surface area contributed by atoms with Crippen LogP contribution in [0.25, 0.3) is 21.5 Å². The second-order valence-corrected chi connectivity index (χ2v) is 11.7. The summed E-state index contributed by atoms with van der Waals surface area (Å²) in [6, 6.07) is 36.0. The summed E-state index contributed by atoms with van der Waals surface area (Å²) in [4.78, 5) is 46.2. The van der Waals surface area contributed by atoms with Gasteiger partial charge >= 0.3 is 0 Å². The summed E-state index contributed by atoms with van der Waals surface area (Å²) in [6.07, 6.45) is 1.61. The molecule has 2 amide bonds. The van der Waals surface area contributed by atoms with Crippen LogP contribution in [0.5, 0.6) is 0 Å². The van der Waals surface area contributed by atoms with Gasteiger partial charge < -0.3 is 0 Å². The molecule has 5 aromatic rings. The molecule has 1 aliphatic heterocycles. The van der Waals surface area contributed by atoms with Gasteiger partial charge in [0.15, 0.2) is 5.78 Å². The van der Waals surface area contributed by atoms with E-state index in [9.17, 15) is 9.59 Å². The van der Waals surface area contributed by atoms with E-state index < -0.39 is 22.7 Å². The zero-order chi connectivity index (χ0) is 27.9. The highest BCUT2D eigenvalue weighted by atomic mass is 16.2. The van der Waals surface area contributed by atoms with Crippen LogP contribution in [0.2, 0.25) is 0 Å². The standard InChI is InChI=1S/C37H29NO3/c1-2-3-22-38-33(39)31-32(34(38)40)37(24-16-8-5-9-17-24)30-28-21-13-11-19-26(28)25-18-10-12-20-27(25)29(30)36(31,35(37)41)23-14-6-4-7-15-23/h4-21,31-32H,2-3,22H2,1H3/t31-,32+,36+,37-. The summed E-state index contributed by atoms with van der Waals surface area (Å²) < 4.78 is 0. The number of Topliss-reactive ketones (excluding diaryl/α,β-unsaturated/α-hetero) is 1. The molecule has 0 N–H and O–H groups in total. The molecule has 2 bridgehead atoms. The largest absolute Gasteiger partial charge is 0.297 e. The van der Waals surface area contributed by atoms with Gasteiger partial charge in [-0.3, -0.25) is 19.3 Å². The Morgan fingerprint density at radius 1 is 0.561 bits per heavy atom. The third kappa shape index (κ3) is 2.69. The van der Waals surface area contributed by atoms with Crippen molar-refractivity contribution < 1.29 is 14.4 Å². The van der Waals surface area contributed by atoms with E-state index in [4.69, 9.17) is 0 Å². The fourth-order valence-corrected chi connectivity index (χ4v) is 8.54. The molecule has 0 spiro atoms. The van der Waals surface area contributed by atoms with Crippen molar-refractivity contribution in [3.63, 3.8) is 0 Å². The Morgan fingerprint density at radius 2 is 0.951 bits per heavy atom. The van der Waals surface area contributed by atoms with Crippen LogP contribution in [-0.4, -0.2) is 29.0 Å². The monoisotopic (exact) mass is 535 g/mol. The third-order valence-electron chi connectivity index (χ3n) is 9.96. The number of carbonyl (C=O) groups is 3. The highest BCUT2D eigenvalue weighted by Gasteiger charge is 2.82. The predicted octanol–water partition coefficient (Wildman–Crippen LogP) is 6.56. The molecule has 0 aromatic heterocycles. The molecule has 4 atom stereocenters. The molecule has 2 fully saturated rings. The Labute approximate surface area is 238 Å². The molecule has 3 aliphatic rings. The van der Waals surface area contributed by atoms with Gasteiger partial charge in [-0.15, -0.1) is 0 Å². The fraction of sp³-hybridized carbons (Fsp3) is 0.216. The van der Waals surface area contributed by atoms with Crippen molar-refractivity contribution in [2.45, 2.75) is 30.6 Å². The Morgan fingerprint density at radius 3 is 1.37 bits per heavy atom. The molecule has 4 heteroatoms. The molecule has 1 heterocycles. The number of carbonyl (C=O) groups excluding carboxylic acids is 3. The number of unbranched alkanes of at least 4 members (excludes halogenated alkanes) is 1. The molecular formula is C37H29NO3. The van der Waals surface area contributed by atoms with Gasteiger partial charge in [0.05, 0.1) is 22.7 Å². The van der Waals surface area contributed by atoms with Crippen LogP contribution in [0.4, 0.5) is 0 Å². The molecule has 8 rings (SSSR count). The van der Waals surface area contributed by atoms with Gasteiger partial charge in [-0.2, -0.15) is 0 Å². The predicted molar refractivity (Wildman–Crippen MR) is 160 cm³/mol. The van der Waals surface area contributed by atoms with E-state index in [2.05, 4.69) is 31.2 Å². The lowest BCUT2D eigenvalue weighted by atomic mass is 9.59. The van der Waals surface area contributed by atoms with Gasteiger partial charge in [-0.05, 0) is 50.2 Å². The maximum Gasteiger partial charge on any atom is 0.234 e. The Hall–Kier alpha value is -4.57. The number of hydrogen-bond acceptors (Lipinski definition) is 3. The average molecular weight is 536 g/mol. The molecule has 2 aliphatic carbocycles. The Bertz CT molecular complexity index is 1780. The number of benzene rings is 5. The van der Waals surface area contributed by atoms with Crippen molar-refractivity contribution in [3.05, 3.63) is 131 Å². The molecule has 0 unspecified atom stereocenters. The van der Waals surface area contributed by atoms with Gasteiger partial charge in [0, 0.05) is 6.54 Å². The minimum Gasteiger partial charge on any atom is -0.297 e. The van der Waals surface area contributed by atoms with E-state index in [1.807, 2.05) is 84.9 Å². The first kappa shape index (κ1) is 24.2.